The van der Waals surface area contributed by atoms with Crippen LogP contribution in [0.5, 0.6) is 0 Å². The molecule has 0 fully saturated rings. The summed E-state index contributed by atoms with van der Waals surface area (Å²) in [6.07, 6.45) is 38.0. The molecule has 0 aliphatic carbocycles. The Bertz CT molecular complexity index is 748. The zero-order valence-electron chi connectivity index (χ0n) is 32.0. The Labute approximate surface area is 297 Å². The van der Waals surface area contributed by atoms with Crippen LogP contribution in [0, 0.1) is 0 Å². The largest absolute Gasteiger partial charge is 0.462 e. The molecule has 0 saturated heterocycles. The van der Waals surface area contributed by atoms with Crippen LogP contribution in [0.2, 0.25) is 0 Å². The summed E-state index contributed by atoms with van der Waals surface area (Å²) in [5.74, 6) is -0.894. The molecule has 0 saturated carbocycles. The van der Waals surface area contributed by atoms with E-state index < -0.39 is 6.10 Å². The number of hydrogen-bond donors (Lipinski definition) is 0. The lowest BCUT2D eigenvalue weighted by Gasteiger charge is -2.18. The Kier molecular flexibility index (Phi) is 36.5. The molecule has 1 atom stereocenters. The normalized spacial score (nSPS) is 12.0. The lowest BCUT2D eigenvalue weighted by Crippen LogP contribution is -2.30. The summed E-state index contributed by atoms with van der Waals surface area (Å²) in [5.41, 5.74) is 0. The average Bonchev–Trinajstić information content (AvgIpc) is 3.08. The molecule has 0 aromatic carbocycles. The molecule has 6 heteroatoms. The Balaban J connectivity index is 4.20. The quantitative estimate of drug-likeness (QED) is 0.0282. The summed E-state index contributed by atoms with van der Waals surface area (Å²) in [5, 5.41) is 0. The van der Waals surface area contributed by atoms with Gasteiger partial charge in [-0.2, -0.15) is 0 Å². The molecule has 0 radical (unpaired) electrons. The van der Waals surface area contributed by atoms with E-state index in [-0.39, 0.29) is 31.1 Å². The van der Waals surface area contributed by atoms with Gasteiger partial charge < -0.3 is 14.2 Å². The van der Waals surface area contributed by atoms with Gasteiger partial charge in [-0.3, -0.25) is 14.4 Å². The maximum Gasteiger partial charge on any atom is 0.306 e. The molecule has 0 aliphatic heterocycles. The third-order valence-electron chi connectivity index (χ3n) is 9.02. The van der Waals surface area contributed by atoms with E-state index in [2.05, 4.69) is 32.9 Å². The predicted molar refractivity (Wildman–Crippen MR) is 201 cm³/mol. The van der Waals surface area contributed by atoms with Crippen LogP contribution in [-0.2, 0) is 28.6 Å². The molecule has 0 rings (SSSR count). The molecule has 0 heterocycles. The number of esters is 3. The molecular weight excluding hydrogens is 600 g/mol. The zero-order chi connectivity index (χ0) is 35.2. The maximum absolute atomic E-state index is 12.6. The van der Waals surface area contributed by atoms with Crippen LogP contribution in [0.15, 0.2) is 12.2 Å². The van der Waals surface area contributed by atoms with Crippen molar-refractivity contribution in [2.24, 2.45) is 0 Å². The second kappa shape index (κ2) is 38.0. The first-order valence-corrected chi connectivity index (χ1v) is 20.7. The predicted octanol–water partition coefficient (Wildman–Crippen LogP) is 12.7. The van der Waals surface area contributed by atoms with Crippen molar-refractivity contribution in [3.63, 3.8) is 0 Å². The molecule has 1 unspecified atom stereocenters. The van der Waals surface area contributed by atoms with Crippen LogP contribution in [0.25, 0.3) is 0 Å². The first-order valence-electron chi connectivity index (χ1n) is 20.7. The Morgan fingerprint density at radius 1 is 0.396 bits per heavy atom. The number of carbonyl (C=O) groups is 3. The van der Waals surface area contributed by atoms with Gasteiger partial charge in [0, 0.05) is 19.3 Å². The van der Waals surface area contributed by atoms with Crippen LogP contribution >= 0.6 is 0 Å². The van der Waals surface area contributed by atoms with Crippen molar-refractivity contribution in [2.45, 2.75) is 226 Å². The summed E-state index contributed by atoms with van der Waals surface area (Å²) in [4.78, 5) is 37.2. The lowest BCUT2D eigenvalue weighted by atomic mass is 10.1. The van der Waals surface area contributed by atoms with Crippen LogP contribution in [0.3, 0.4) is 0 Å². The highest BCUT2D eigenvalue weighted by Gasteiger charge is 2.19. The van der Waals surface area contributed by atoms with E-state index in [1.54, 1.807) is 0 Å². The summed E-state index contributed by atoms with van der Waals surface area (Å²) in [6, 6.07) is 0. The Morgan fingerprint density at radius 3 is 1.04 bits per heavy atom. The maximum atomic E-state index is 12.6. The van der Waals surface area contributed by atoms with Crippen LogP contribution in [-0.4, -0.2) is 37.2 Å². The van der Waals surface area contributed by atoms with Gasteiger partial charge in [0.2, 0.25) is 0 Å². The molecule has 0 aromatic rings. The highest BCUT2D eigenvalue weighted by atomic mass is 16.6. The Hall–Kier alpha value is -1.85. The zero-order valence-corrected chi connectivity index (χ0v) is 32.0. The van der Waals surface area contributed by atoms with Gasteiger partial charge in [-0.25, -0.2) is 0 Å². The van der Waals surface area contributed by atoms with Gasteiger partial charge in [-0.1, -0.05) is 168 Å². The molecule has 6 nitrogen and oxygen atoms in total. The average molecular weight is 679 g/mol. The molecule has 0 aliphatic rings. The second-order valence-electron chi connectivity index (χ2n) is 13.9. The topological polar surface area (TPSA) is 78.9 Å². The SMILES string of the molecule is CCCCCCCCC/C=C\CCCCCCCC(=O)OCC(COC(=O)CCCCCCC)OC(=O)CCCCCCCCCCC. The molecule has 282 valence electrons. The standard InChI is InChI=1S/C42H78O6/c1-4-7-10-13-15-17-18-19-20-21-22-23-25-26-29-32-35-41(44)47-38-39(37-46-40(43)34-31-28-12-9-6-3)48-42(45)36-33-30-27-24-16-14-11-8-5-2/h20-21,39H,4-19,22-38H2,1-3H3/b21-20-. The fourth-order valence-corrected chi connectivity index (χ4v) is 5.85. The highest BCUT2D eigenvalue weighted by molar-refractivity contribution is 5.71. The van der Waals surface area contributed by atoms with Gasteiger partial charge in [0.05, 0.1) is 0 Å². The number of allylic oxidation sites excluding steroid dienone is 2. The number of ether oxygens (including phenoxy) is 3. The monoisotopic (exact) mass is 679 g/mol. The molecule has 0 bridgehead atoms. The van der Waals surface area contributed by atoms with Gasteiger partial charge in [-0.15, -0.1) is 0 Å². The number of carbonyl (C=O) groups excluding carboxylic acids is 3. The number of hydrogen-bond acceptors (Lipinski definition) is 6. The van der Waals surface area contributed by atoms with Crippen molar-refractivity contribution in [3.05, 3.63) is 12.2 Å². The fourth-order valence-electron chi connectivity index (χ4n) is 5.85. The van der Waals surface area contributed by atoms with Crippen molar-refractivity contribution in [1.29, 1.82) is 0 Å². The van der Waals surface area contributed by atoms with Gasteiger partial charge in [0.15, 0.2) is 6.10 Å². The Morgan fingerprint density at radius 2 is 0.688 bits per heavy atom. The minimum absolute atomic E-state index is 0.0714. The van der Waals surface area contributed by atoms with Crippen molar-refractivity contribution < 1.29 is 28.6 Å². The van der Waals surface area contributed by atoms with Crippen molar-refractivity contribution in [3.8, 4) is 0 Å². The third-order valence-corrected chi connectivity index (χ3v) is 9.02. The fraction of sp³-hybridized carbons (Fsp3) is 0.881. The van der Waals surface area contributed by atoms with Crippen molar-refractivity contribution in [1.82, 2.24) is 0 Å². The first kappa shape index (κ1) is 46.1. The van der Waals surface area contributed by atoms with Gasteiger partial charge in [0.25, 0.3) is 0 Å². The van der Waals surface area contributed by atoms with Crippen LogP contribution < -0.4 is 0 Å². The molecular formula is C42H78O6. The summed E-state index contributed by atoms with van der Waals surface area (Å²) >= 11 is 0. The van der Waals surface area contributed by atoms with Crippen molar-refractivity contribution in [2.75, 3.05) is 13.2 Å². The van der Waals surface area contributed by atoms with Crippen LogP contribution in [0.1, 0.15) is 220 Å². The second-order valence-corrected chi connectivity index (χ2v) is 13.9. The lowest BCUT2D eigenvalue weighted by molar-refractivity contribution is -0.167. The smallest absolute Gasteiger partial charge is 0.306 e. The van der Waals surface area contributed by atoms with E-state index in [1.807, 2.05) is 0 Å². The van der Waals surface area contributed by atoms with E-state index in [9.17, 15) is 14.4 Å². The molecule has 0 N–H and O–H groups in total. The summed E-state index contributed by atoms with van der Waals surface area (Å²) < 4.78 is 16.5. The summed E-state index contributed by atoms with van der Waals surface area (Å²) in [7, 11) is 0. The number of rotatable bonds is 37. The molecule has 0 amide bonds. The van der Waals surface area contributed by atoms with E-state index in [0.29, 0.717) is 19.3 Å². The molecule has 48 heavy (non-hydrogen) atoms. The number of unbranched alkanes of at least 4 members (excludes halogenated alkanes) is 24. The minimum Gasteiger partial charge on any atom is -0.462 e. The van der Waals surface area contributed by atoms with E-state index >= 15 is 0 Å². The molecule has 0 aromatic heterocycles. The van der Waals surface area contributed by atoms with E-state index in [4.69, 9.17) is 14.2 Å². The van der Waals surface area contributed by atoms with E-state index in [0.717, 1.165) is 70.6 Å². The van der Waals surface area contributed by atoms with Crippen molar-refractivity contribution >= 4 is 17.9 Å². The van der Waals surface area contributed by atoms with E-state index in [1.165, 1.54) is 109 Å². The first-order chi connectivity index (χ1) is 23.5. The van der Waals surface area contributed by atoms with Gasteiger partial charge >= 0.3 is 17.9 Å². The third kappa shape index (κ3) is 35.5. The minimum atomic E-state index is -0.761. The highest BCUT2D eigenvalue weighted by Crippen LogP contribution is 2.14. The van der Waals surface area contributed by atoms with Gasteiger partial charge in [-0.05, 0) is 44.9 Å². The van der Waals surface area contributed by atoms with Crippen LogP contribution in [0.4, 0.5) is 0 Å². The van der Waals surface area contributed by atoms with Gasteiger partial charge in [0.1, 0.15) is 13.2 Å². The summed E-state index contributed by atoms with van der Waals surface area (Å²) in [6.45, 7) is 6.52. The molecule has 0 spiro atoms.